The first-order valence-electron chi connectivity index (χ1n) is 8.85. The summed E-state index contributed by atoms with van der Waals surface area (Å²) >= 11 is 0. The predicted molar refractivity (Wildman–Crippen MR) is 89.5 cm³/mol. The van der Waals surface area contributed by atoms with Crippen molar-refractivity contribution < 1.29 is 19.1 Å². The summed E-state index contributed by atoms with van der Waals surface area (Å²) in [4.78, 5) is 14.4. The lowest BCUT2D eigenvalue weighted by Crippen LogP contribution is -2.53. The Kier molecular flexibility index (Phi) is 5.15. The molecule has 1 aliphatic heterocycles. The molecule has 2 aliphatic rings. The molecule has 1 saturated heterocycles. The van der Waals surface area contributed by atoms with Crippen LogP contribution in [0.15, 0.2) is 22.8 Å². The molecule has 2 atom stereocenters. The minimum Gasteiger partial charge on any atom is -0.467 e. The second kappa shape index (κ2) is 7.15. The SMILES string of the molecule is CC(C)C1(CNC(=O)N2CCOCC2CC(O)c2ccco2)CC1. The van der Waals surface area contributed by atoms with Crippen LogP contribution in [-0.4, -0.2) is 48.4 Å². The Balaban J connectivity index is 1.56. The number of amides is 2. The first kappa shape index (κ1) is 17.3. The fourth-order valence-electron chi connectivity index (χ4n) is 3.44. The summed E-state index contributed by atoms with van der Waals surface area (Å²) < 4.78 is 10.8. The summed E-state index contributed by atoms with van der Waals surface area (Å²) in [6.45, 7) is 6.70. The van der Waals surface area contributed by atoms with Gasteiger partial charge in [0.2, 0.25) is 0 Å². The van der Waals surface area contributed by atoms with E-state index in [1.165, 1.54) is 12.8 Å². The summed E-state index contributed by atoms with van der Waals surface area (Å²) in [6.07, 6.45) is 3.61. The number of aliphatic hydroxyl groups excluding tert-OH is 1. The minimum atomic E-state index is -0.729. The van der Waals surface area contributed by atoms with E-state index in [4.69, 9.17) is 9.15 Å². The highest BCUT2D eigenvalue weighted by Gasteiger charge is 2.45. The van der Waals surface area contributed by atoms with Crippen molar-refractivity contribution in [1.82, 2.24) is 10.2 Å². The van der Waals surface area contributed by atoms with Gasteiger partial charge in [0.1, 0.15) is 11.9 Å². The highest BCUT2D eigenvalue weighted by Crippen LogP contribution is 2.51. The third kappa shape index (κ3) is 3.75. The minimum absolute atomic E-state index is 0.0538. The van der Waals surface area contributed by atoms with E-state index in [0.717, 1.165) is 6.54 Å². The van der Waals surface area contributed by atoms with Crippen molar-refractivity contribution in [3.8, 4) is 0 Å². The predicted octanol–water partition coefficient (Wildman–Crippen LogP) is 2.55. The summed E-state index contributed by atoms with van der Waals surface area (Å²) in [5, 5.41) is 13.4. The monoisotopic (exact) mass is 336 g/mol. The number of carbonyl (C=O) groups is 1. The molecule has 3 rings (SSSR count). The molecule has 6 heteroatoms. The van der Waals surface area contributed by atoms with E-state index < -0.39 is 6.10 Å². The van der Waals surface area contributed by atoms with E-state index in [-0.39, 0.29) is 17.5 Å². The van der Waals surface area contributed by atoms with Crippen molar-refractivity contribution in [3.63, 3.8) is 0 Å². The number of carbonyl (C=O) groups excluding carboxylic acids is 1. The first-order chi connectivity index (χ1) is 11.5. The molecule has 1 aromatic heterocycles. The van der Waals surface area contributed by atoms with E-state index in [1.54, 1.807) is 23.3 Å². The number of rotatable bonds is 6. The van der Waals surface area contributed by atoms with E-state index in [1.807, 2.05) is 0 Å². The quantitative estimate of drug-likeness (QED) is 0.837. The zero-order valence-electron chi connectivity index (χ0n) is 14.5. The van der Waals surface area contributed by atoms with Gasteiger partial charge >= 0.3 is 6.03 Å². The summed E-state index contributed by atoms with van der Waals surface area (Å²) in [6, 6.07) is 3.30. The van der Waals surface area contributed by atoms with Crippen molar-refractivity contribution in [2.75, 3.05) is 26.3 Å². The van der Waals surface area contributed by atoms with Crippen LogP contribution in [0.3, 0.4) is 0 Å². The van der Waals surface area contributed by atoms with Crippen molar-refractivity contribution in [1.29, 1.82) is 0 Å². The summed E-state index contributed by atoms with van der Waals surface area (Å²) in [5.74, 6) is 1.11. The van der Waals surface area contributed by atoms with Crippen molar-refractivity contribution >= 4 is 6.03 Å². The van der Waals surface area contributed by atoms with Crippen LogP contribution in [0.1, 0.15) is 45.0 Å². The third-order valence-corrected chi connectivity index (χ3v) is 5.56. The lowest BCUT2D eigenvalue weighted by Gasteiger charge is -2.37. The topological polar surface area (TPSA) is 74.9 Å². The Morgan fingerprint density at radius 1 is 1.50 bits per heavy atom. The van der Waals surface area contributed by atoms with E-state index in [0.29, 0.717) is 37.9 Å². The molecule has 0 radical (unpaired) electrons. The average molecular weight is 336 g/mol. The molecule has 0 bridgehead atoms. The zero-order chi connectivity index (χ0) is 17.2. The first-order valence-corrected chi connectivity index (χ1v) is 8.85. The van der Waals surface area contributed by atoms with Gasteiger partial charge in [0.05, 0.1) is 25.5 Å². The Morgan fingerprint density at radius 2 is 2.29 bits per heavy atom. The van der Waals surface area contributed by atoms with Crippen LogP contribution in [-0.2, 0) is 4.74 Å². The Labute approximate surface area is 143 Å². The second-order valence-electron chi connectivity index (χ2n) is 7.36. The van der Waals surface area contributed by atoms with Gasteiger partial charge in [0.25, 0.3) is 0 Å². The van der Waals surface area contributed by atoms with Gasteiger partial charge in [-0.05, 0) is 36.3 Å². The van der Waals surface area contributed by atoms with Crippen LogP contribution >= 0.6 is 0 Å². The van der Waals surface area contributed by atoms with Crippen LogP contribution in [0, 0.1) is 11.3 Å². The summed E-state index contributed by atoms with van der Waals surface area (Å²) in [5.41, 5.74) is 0.283. The van der Waals surface area contributed by atoms with Crippen LogP contribution < -0.4 is 5.32 Å². The number of hydrogen-bond acceptors (Lipinski definition) is 4. The van der Waals surface area contributed by atoms with Gasteiger partial charge in [-0.25, -0.2) is 4.79 Å². The Morgan fingerprint density at radius 3 is 2.92 bits per heavy atom. The number of hydrogen-bond donors (Lipinski definition) is 2. The fraction of sp³-hybridized carbons (Fsp3) is 0.722. The molecule has 0 aromatic carbocycles. The number of morpholine rings is 1. The molecule has 1 aromatic rings. The van der Waals surface area contributed by atoms with Crippen molar-refractivity contribution in [3.05, 3.63) is 24.2 Å². The van der Waals surface area contributed by atoms with Crippen LogP contribution in [0.5, 0.6) is 0 Å². The molecule has 2 fully saturated rings. The van der Waals surface area contributed by atoms with Gasteiger partial charge < -0.3 is 24.5 Å². The van der Waals surface area contributed by atoms with Gasteiger partial charge in [-0.15, -0.1) is 0 Å². The molecule has 6 nitrogen and oxygen atoms in total. The molecule has 2 heterocycles. The molecule has 0 spiro atoms. The molecule has 24 heavy (non-hydrogen) atoms. The lowest BCUT2D eigenvalue weighted by molar-refractivity contribution is -0.00995. The molecule has 2 N–H and O–H groups in total. The van der Waals surface area contributed by atoms with E-state index in [9.17, 15) is 9.90 Å². The standard InChI is InChI=1S/C18H28N2O4/c1-13(2)18(5-6-18)12-19-17(22)20-7-9-23-11-14(20)10-15(21)16-4-3-8-24-16/h3-4,8,13-15,21H,5-7,9-12H2,1-2H3,(H,19,22). The second-order valence-corrected chi connectivity index (χ2v) is 7.36. The average Bonchev–Trinajstić information content (AvgIpc) is 3.17. The number of urea groups is 1. The van der Waals surface area contributed by atoms with E-state index in [2.05, 4.69) is 19.2 Å². The maximum atomic E-state index is 12.6. The maximum Gasteiger partial charge on any atom is 0.317 e. The molecule has 1 aliphatic carbocycles. The number of nitrogens with one attached hydrogen (secondary N) is 1. The third-order valence-electron chi connectivity index (χ3n) is 5.56. The molecule has 1 saturated carbocycles. The number of furan rings is 1. The number of ether oxygens (including phenoxy) is 1. The highest BCUT2D eigenvalue weighted by atomic mass is 16.5. The number of aliphatic hydroxyl groups is 1. The number of nitrogens with zero attached hydrogens (tertiary/aromatic N) is 1. The van der Waals surface area contributed by atoms with Crippen molar-refractivity contribution in [2.24, 2.45) is 11.3 Å². The Bertz CT molecular complexity index is 539. The van der Waals surface area contributed by atoms with E-state index >= 15 is 0 Å². The molecular weight excluding hydrogens is 308 g/mol. The van der Waals surface area contributed by atoms with Gasteiger partial charge in [0, 0.05) is 19.5 Å². The smallest absolute Gasteiger partial charge is 0.317 e. The molecular formula is C18H28N2O4. The van der Waals surface area contributed by atoms with Gasteiger partial charge in [0.15, 0.2) is 0 Å². The van der Waals surface area contributed by atoms with Crippen molar-refractivity contribution in [2.45, 2.75) is 45.3 Å². The van der Waals surface area contributed by atoms with Crippen LogP contribution in [0.4, 0.5) is 4.79 Å². The molecule has 2 amide bonds. The van der Waals surface area contributed by atoms with Crippen LogP contribution in [0.2, 0.25) is 0 Å². The largest absolute Gasteiger partial charge is 0.467 e. The lowest BCUT2D eigenvalue weighted by atomic mass is 9.92. The maximum absolute atomic E-state index is 12.6. The zero-order valence-corrected chi connectivity index (χ0v) is 14.5. The van der Waals surface area contributed by atoms with Gasteiger partial charge in [-0.3, -0.25) is 0 Å². The molecule has 2 unspecified atom stereocenters. The Hall–Kier alpha value is -1.53. The fourth-order valence-corrected chi connectivity index (χ4v) is 3.44. The highest BCUT2D eigenvalue weighted by molar-refractivity contribution is 5.74. The van der Waals surface area contributed by atoms with Crippen LogP contribution in [0.25, 0.3) is 0 Å². The summed E-state index contributed by atoms with van der Waals surface area (Å²) in [7, 11) is 0. The molecule has 134 valence electrons. The van der Waals surface area contributed by atoms with Gasteiger partial charge in [-0.2, -0.15) is 0 Å². The normalized spacial score (nSPS) is 24.0. The van der Waals surface area contributed by atoms with Gasteiger partial charge in [-0.1, -0.05) is 13.8 Å².